The van der Waals surface area contributed by atoms with E-state index in [4.69, 9.17) is 19.9 Å². The molecule has 1 aliphatic rings. The maximum absolute atomic E-state index is 5.28. The normalized spacial score (nSPS) is 11.9. The van der Waals surface area contributed by atoms with Crippen LogP contribution in [0.1, 0.15) is 99.2 Å². The zero-order valence-electron chi connectivity index (χ0n) is 27.5. The Kier molecular flexibility index (Phi) is 11.0. The van der Waals surface area contributed by atoms with E-state index < -0.39 is 0 Å². The molecule has 5 heteroatoms. The number of hydrogen-bond acceptors (Lipinski definition) is 1. The molecule has 0 aliphatic carbocycles. The van der Waals surface area contributed by atoms with Crippen molar-refractivity contribution in [2.45, 2.75) is 93.9 Å². The summed E-state index contributed by atoms with van der Waals surface area (Å²) in [7, 11) is 0. The molecule has 1 radical (unpaired) electrons. The maximum Gasteiger partial charge on any atom is 0.0659 e. The van der Waals surface area contributed by atoms with E-state index in [9.17, 15) is 0 Å². The number of nitrogens with zero attached hydrogens (tertiary/aromatic N) is 4. The maximum atomic E-state index is 5.28. The number of hydrogen-bond donors (Lipinski definition) is 0. The van der Waals surface area contributed by atoms with E-state index in [1.54, 1.807) is 0 Å². The van der Waals surface area contributed by atoms with Gasteiger partial charge >= 0.3 is 0 Å². The number of benzene rings is 1. The average Bonchev–Trinajstić information content (AvgIpc) is 3.74. The van der Waals surface area contributed by atoms with Crippen molar-refractivity contribution >= 4 is 44.2 Å². The van der Waals surface area contributed by atoms with Crippen molar-refractivity contribution in [1.29, 1.82) is 0 Å². The third-order valence-electron chi connectivity index (χ3n) is 8.93. The van der Waals surface area contributed by atoms with Crippen molar-refractivity contribution in [3.05, 3.63) is 99.4 Å². The molecule has 4 nitrogen and oxygen atoms in total. The first-order valence-electron chi connectivity index (χ1n) is 16.0. The number of rotatable bonds is 6. The quantitative estimate of drug-likeness (QED) is 0.140. The summed E-state index contributed by atoms with van der Waals surface area (Å²) in [5.41, 5.74) is 18.7. The van der Waals surface area contributed by atoms with Gasteiger partial charge in [-0.1, -0.05) is 93.1 Å². The van der Waals surface area contributed by atoms with Gasteiger partial charge in [-0.3, -0.25) is 0 Å². The first kappa shape index (κ1) is 33.4. The molecule has 231 valence electrons. The molecule has 0 fully saturated rings. The number of aromatic nitrogens is 4. The van der Waals surface area contributed by atoms with Gasteiger partial charge in [0.1, 0.15) is 0 Å². The van der Waals surface area contributed by atoms with E-state index in [-0.39, 0.29) is 17.1 Å². The Morgan fingerprint density at radius 2 is 1.05 bits per heavy atom. The molecular formula is C39H44MnN4-4. The standard InChI is InChI=1S/C33H39N4.C6H5.Mn/c1-9-20-18(7)26-15-30-22(11-3)24(13-5)32(36-30)33-25(14-6)23(12-4)31(37-33)16-27-19(8)21(10-2)29(35-27)17-28(20)34-26;1-2-4-6-5-3-1;/h15-17H,9-14H2,1-8H3;1-5H;/q-3;-1;. The van der Waals surface area contributed by atoms with Crippen LogP contribution in [0.5, 0.6) is 0 Å². The van der Waals surface area contributed by atoms with Gasteiger partial charge in [0.25, 0.3) is 0 Å². The van der Waals surface area contributed by atoms with Crippen LogP contribution in [0.15, 0.2) is 48.5 Å². The molecule has 0 unspecified atom stereocenters. The van der Waals surface area contributed by atoms with Crippen molar-refractivity contribution in [2.24, 2.45) is 0 Å². The predicted molar refractivity (Wildman–Crippen MR) is 183 cm³/mol. The molecule has 6 rings (SSSR count). The summed E-state index contributed by atoms with van der Waals surface area (Å²) in [6.07, 6.45) is 5.65. The van der Waals surface area contributed by atoms with Crippen molar-refractivity contribution < 1.29 is 17.1 Å². The van der Waals surface area contributed by atoms with E-state index in [1.807, 2.05) is 30.3 Å². The van der Waals surface area contributed by atoms with Crippen LogP contribution in [-0.2, 0) is 42.8 Å². The van der Waals surface area contributed by atoms with Gasteiger partial charge in [-0.2, -0.15) is 36.4 Å². The average molecular weight is 624 g/mol. The summed E-state index contributed by atoms with van der Waals surface area (Å²) in [4.78, 5) is 20.9. The molecule has 44 heavy (non-hydrogen) atoms. The Morgan fingerprint density at radius 1 is 0.545 bits per heavy atom. The third kappa shape index (κ3) is 6.05. The minimum Gasteiger partial charge on any atom is -0.657 e. The van der Waals surface area contributed by atoms with E-state index in [0.29, 0.717) is 0 Å². The largest absolute Gasteiger partial charge is 0.657 e. The second-order valence-electron chi connectivity index (χ2n) is 11.2. The molecule has 1 aromatic carbocycles. The van der Waals surface area contributed by atoms with Crippen LogP contribution in [0.3, 0.4) is 0 Å². The molecule has 1 aliphatic heterocycles. The first-order valence-corrected chi connectivity index (χ1v) is 16.0. The van der Waals surface area contributed by atoms with Gasteiger partial charge in [-0.15, -0.1) is 33.1 Å². The Hall–Kier alpha value is -3.53. The molecule has 0 atom stereocenters. The molecular weight excluding hydrogens is 579 g/mol. The topological polar surface area (TPSA) is 55.2 Å². The van der Waals surface area contributed by atoms with Crippen LogP contribution in [0, 0.1) is 19.9 Å². The number of allylic oxidation sites excluding steroid dienone is 2. The van der Waals surface area contributed by atoms with Crippen LogP contribution in [0.2, 0.25) is 0 Å². The summed E-state index contributed by atoms with van der Waals surface area (Å²) in [5, 5.41) is 0. The van der Waals surface area contributed by atoms with Gasteiger partial charge < -0.3 is 15.0 Å². The second kappa shape index (κ2) is 14.5. The fourth-order valence-electron chi connectivity index (χ4n) is 6.69. The molecule has 4 aromatic heterocycles. The van der Waals surface area contributed by atoms with Crippen molar-refractivity contribution in [3.8, 4) is 0 Å². The summed E-state index contributed by atoms with van der Waals surface area (Å²) in [5.74, 6) is 0. The van der Waals surface area contributed by atoms with E-state index in [1.165, 1.54) is 44.5 Å². The molecule has 0 saturated heterocycles. The Labute approximate surface area is 273 Å². The Balaban J connectivity index is 0.000000565. The minimum atomic E-state index is 0. The summed E-state index contributed by atoms with van der Waals surface area (Å²) >= 11 is 0. The third-order valence-corrected chi connectivity index (χ3v) is 8.93. The Bertz CT molecular complexity index is 1870. The van der Waals surface area contributed by atoms with Gasteiger partial charge in [0.05, 0.1) is 11.4 Å². The zero-order chi connectivity index (χ0) is 30.7. The summed E-state index contributed by atoms with van der Waals surface area (Å²) in [6, 6.07) is 19.1. The fourth-order valence-corrected chi connectivity index (χ4v) is 6.69. The SMILES string of the molecule is CCC1=C(CC)c2nc1cc1[n-]c(cc3[n-]c(cc4[n-]c2c(CC)c4CC)c(C)c3CC)c(CC)c1C.[Mn].[c-]1ccccc1. The van der Waals surface area contributed by atoms with Gasteiger partial charge in [0, 0.05) is 17.1 Å². The zero-order valence-corrected chi connectivity index (χ0v) is 28.7. The molecule has 0 saturated carbocycles. The van der Waals surface area contributed by atoms with Crippen molar-refractivity contribution in [1.82, 2.24) is 19.9 Å². The van der Waals surface area contributed by atoms with Gasteiger partial charge in [0.15, 0.2) is 0 Å². The Morgan fingerprint density at radius 3 is 1.50 bits per heavy atom. The smallest absolute Gasteiger partial charge is 0.0659 e. The number of aryl methyl sites for hydroxylation is 6. The molecule has 5 aromatic rings. The van der Waals surface area contributed by atoms with Crippen LogP contribution in [0.25, 0.3) is 44.2 Å². The van der Waals surface area contributed by atoms with Crippen LogP contribution >= 0.6 is 0 Å². The number of fused-ring (bicyclic) bond motifs is 9. The molecule has 0 spiro atoms. The van der Waals surface area contributed by atoms with Crippen molar-refractivity contribution in [3.63, 3.8) is 0 Å². The summed E-state index contributed by atoms with van der Waals surface area (Å²) in [6.45, 7) is 17.8. The van der Waals surface area contributed by atoms with Crippen LogP contribution < -0.4 is 15.0 Å². The van der Waals surface area contributed by atoms with E-state index in [0.717, 1.165) is 83.0 Å². The monoisotopic (exact) mass is 623 g/mol. The van der Waals surface area contributed by atoms with Crippen LogP contribution in [0.4, 0.5) is 0 Å². The van der Waals surface area contributed by atoms with Gasteiger partial charge in [-0.25, -0.2) is 4.98 Å². The summed E-state index contributed by atoms with van der Waals surface area (Å²) < 4.78 is 0. The fraction of sp³-hybridized carbons (Fsp3) is 0.359. The molecule has 5 heterocycles. The first-order chi connectivity index (χ1) is 20.9. The minimum absolute atomic E-state index is 0. The van der Waals surface area contributed by atoms with Crippen LogP contribution in [-0.4, -0.2) is 4.98 Å². The van der Waals surface area contributed by atoms with E-state index in [2.05, 4.69) is 79.7 Å². The second-order valence-corrected chi connectivity index (χ2v) is 11.2. The predicted octanol–water partition coefficient (Wildman–Crippen LogP) is 9.49. The van der Waals surface area contributed by atoms with Crippen molar-refractivity contribution in [2.75, 3.05) is 0 Å². The van der Waals surface area contributed by atoms with Gasteiger partial charge in [-0.05, 0) is 63.5 Å². The molecule has 0 amide bonds. The molecule has 0 N–H and O–H groups in total. The van der Waals surface area contributed by atoms with E-state index >= 15 is 0 Å². The molecule has 8 bridgehead atoms. The van der Waals surface area contributed by atoms with Gasteiger partial charge in [0.2, 0.25) is 0 Å².